The molecule has 0 atom stereocenters. The predicted octanol–water partition coefficient (Wildman–Crippen LogP) is 2.84. The van der Waals surface area contributed by atoms with Gasteiger partial charge >= 0.3 is 0 Å². The molecule has 1 heterocycles. The van der Waals surface area contributed by atoms with Crippen molar-refractivity contribution >= 4 is 11.6 Å². The molecule has 0 radical (unpaired) electrons. The van der Waals surface area contributed by atoms with Crippen LogP contribution in [-0.4, -0.2) is 22.8 Å². The fourth-order valence-electron chi connectivity index (χ4n) is 2.39. The number of anilines is 1. The Balaban J connectivity index is 1.78. The monoisotopic (exact) mass is 371 g/mol. The Hall–Kier alpha value is -3.55. The maximum Gasteiger partial charge on any atom is 0.267 e. The fourth-order valence-corrected chi connectivity index (χ4v) is 2.39. The van der Waals surface area contributed by atoms with E-state index in [1.54, 1.807) is 37.4 Å². The number of nitrogens with zero attached hydrogens (tertiary/aromatic N) is 2. The van der Waals surface area contributed by atoms with Crippen molar-refractivity contribution in [2.24, 2.45) is 0 Å². The van der Waals surface area contributed by atoms with E-state index in [2.05, 4.69) is 10.4 Å². The molecule has 0 aliphatic rings. The average Bonchev–Trinajstić information content (AvgIpc) is 2.66. The van der Waals surface area contributed by atoms with Gasteiger partial charge in [-0.05, 0) is 42.5 Å². The Labute approximate surface area is 153 Å². The van der Waals surface area contributed by atoms with Gasteiger partial charge in [-0.15, -0.1) is 0 Å². The van der Waals surface area contributed by atoms with Gasteiger partial charge in [-0.25, -0.2) is 13.5 Å². The van der Waals surface area contributed by atoms with Gasteiger partial charge in [0.25, 0.3) is 5.56 Å². The van der Waals surface area contributed by atoms with Gasteiger partial charge in [0.1, 0.15) is 12.3 Å². The number of nitrogens with one attached hydrogen (secondary N) is 1. The lowest BCUT2D eigenvalue weighted by Gasteiger charge is -2.09. The van der Waals surface area contributed by atoms with Crippen molar-refractivity contribution in [1.82, 2.24) is 9.78 Å². The molecule has 27 heavy (non-hydrogen) atoms. The molecule has 0 aliphatic carbocycles. The maximum atomic E-state index is 13.2. The molecular weight excluding hydrogens is 356 g/mol. The number of aromatic nitrogens is 2. The highest BCUT2D eigenvalue weighted by Crippen LogP contribution is 2.19. The summed E-state index contributed by atoms with van der Waals surface area (Å²) >= 11 is 0. The molecule has 3 rings (SSSR count). The van der Waals surface area contributed by atoms with Crippen LogP contribution in [0.25, 0.3) is 11.3 Å². The minimum absolute atomic E-state index is 0.0817. The molecule has 8 heteroatoms. The van der Waals surface area contributed by atoms with Crippen molar-refractivity contribution in [3.05, 3.63) is 76.6 Å². The second kappa shape index (κ2) is 7.77. The summed E-state index contributed by atoms with van der Waals surface area (Å²) in [5.41, 5.74) is 0.856. The Kier molecular flexibility index (Phi) is 5.25. The number of methoxy groups -OCH3 is 1. The first-order valence-corrected chi connectivity index (χ1v) is 7.94. The van der Waals surface area contributed by atoms with Crippen molar-refractivity contribution in [2.75, 3.05) is 12.4 Å². The SMILES string of the molecule is COc1ccc(-c2ccc(=O)n(CC(=O)Nc3ccc(F)c(F)c3)n2)cc1. The third-order valence-corrected chi connectivity index (χ3v) is 3.75. The largest absolute Gasteiger partial charge is 0.497 e. The summed E-state index contributed by atoms with van der Waals surface area (Å²) in [6.45, 7) is -0.373. The molecular formula is C19H15F2N3O3. The third kappa shape index (κ3) is 4.35. The molecule has 0 saturated heterocycles. The molecule has 1 N–H and O–H groups in total. The van der Waals surface area contributed by atoms with Gasteiger partial charge in [-0.1, -0.05) is 0 Å². The first-order chi connectivity index (χ1) is 13.0. The van der Waals surface area contributed by atoms with Crippen LogP contribution in [0.15, 0.2) is 59.4 Å². The van der Waals surface area contributed by atoms with E-state index < -0.39 is 23.1 Å². The van der Waals surface area contributed by atoms with Crippen molar-refractivity contribution in [2.45, 2.75) is 6.54 Å². The predicted molar refractivity (Wildman–Crippen MR) is 95.5 cm³/mol. The standard InChI is InChI=1S/C19H15F2N3O3/c1-27-14-5-2-12(3-6-14)17-8-9-19(26)24(23-17)11-18(25)22-13-4-7-15(20)16(21)10-13/h2-10H,11H2,1H3,(H,22,25). The molecule has 3 aromatic rings. The van der Waals surface area contributed by atoms with Gasteiger partial charge < -0.3 is 10.1 Å². The van der Waals surface area contributed by atoms with Gasteiger partial charge in [-0.2, -0.15) is 5.10 Å². The zero-order chi connectivity index (χ0) is 19.4. The van der Waals surface area contributed by atoms with Gasteiger partial charge in [-0.3, -0.25) is 9.59 Å². The van der Waals surface area contributed by atoms with Crippen molar-refractivity contribution < 1.29 is 18.3 Å². The summed E-state index contributed by atoms with van der Waals surface area (Å²) in [4.78, 5) is 24.1. The van der Waals surface area contributed by atoms with Crippen molar-refractivity contribution in [3.8, 4) is 17.0 Å². The van der Waals surface area contributed by atoms with E-state index in [9.17, 15) is 18.4 Å². The number of amides is 1. The number of hydrogen-bond acceptors (Lipinski definition) is 4. The number of carbonyl (C=O) groups is 1. The topological polar surface area (TPSA) is 73.2 Å². The van der Waals surface area contributed by atoms with Crippen LogP contribution in [0.4, 0.5) is 14.5 Å². The highest BCUT2D eigenvalue weighted by Gasteiger charge is 2.10. The van der Waals surface area contributed by atoms with Crippen LogP contribution in [0, 0.1) is 11.6 Å². The molecule has 0 bridgehead atoms. The molecule has 0 saturated carbocycles. The molecule has 0 fully saturated rings. The number of ether oxygens (including phenoxy) is 1. The lowest BCUT2D eigenvalue weighted by Crippen LogP contribution is -2.29. The quantitative estimate of drug-likeness (QED) is 0.749. The summed E-state index contributed by atoms with van der Waals surface area (Å²) in [5.74, 6) is -2.01. The van der Waals surface area contributed by atoms with Crippen LogP contribution in [0.2, 0.25) is 0 Å². The van der Waals surface area contributed by atoms with Crippen LogP contribution >= 0.6 is 0 Å². The average molecular weight is 371 g/mol. The van der Waals surface area contributed by atoms with Crippen molar-refractivity contribution in [1.29, 1.82) is 0 Å². The minimum Gasteiger partial charge on any atom is -0.497 e. The number of carbonyl (C=O) groups excluding carboxylic acids is 1. The maximum absolute atomic E-state index is 13.2. The molecule has 2 aromatic carbocycles. The Morgan fingerprint density at radius 1 is 1.07 bits per heavy atom. The molecule has 0 spiro atoms. The second-order valence-electron chi connectivity index (χ2n) is 5.62. The lowest BCUT2D eigenvalue weighted by molar-refractivity contribution is -0.117. The summed E-state index contributed by atoms with van der Waals surface area (Å²) in [5, 5.41) is 6.58. The van der Waals surface area contributed by atoms with Crippen LogP contribution in [0.1, 0.15) is 0 Å². The normalized spacial score (nSPS) is 10.5. The van der Waals surface area contributed by atoms with E-state index in [0.717, 1.165) is 22.4 Å². The van der Waals surface area contributed by atoms with E-state index in [4.69, 9.17) is 4.74 Å². The van der Waals surface area contributed by atoms with E-state index in [-0.39, 0.29) is 12.2 Å². The molecule has 1 amide bonds. The molecule has 138 valence electrons. The van der Waals surface area contributed by atoms with E-state index in [1.165, 1.54) is 12.1 Å². The third-order valence-electron chi connectivity index (χ3n) is 3.75. The Bertz CT molecular complexity index is 1030. The summed E-state index contributed by atoms with van der Waals surface area (Å²) in [6.07, 6.45) is 0. The lowest BCUT2D eigenvalue weighted by atomic mass is 10.1. The highest BCUT2D eigenvalue weighted by atomic mass is 19.2. The zero-order valence-electron chi connectivity index (χ0n) is 14.3. The Morgan fingerprint density at radius 3 is 2.48 bits per heavy atom. The van der Waals surface area contributed by atoms with Crippen LogP contribution in [-0.2, 0) is 11.3 Å². The molecule has 1 aromatic heterocycles. The van der Waals surface area contributed by atoms with E-state index >= 15 is 0 Å². The van der Waals surface area contributed by atoms with Crippen LogP contribution < -0.4 is 15.6 Å². The molecule has 0 unspecified atom stereocenters. The first kappa shape index (κ1) is 18.2. The number of rotatable bonds is 5. The van der Waals surface area contributed by atoms with Gasteiger partial charge in [0.2, 0.25) is 5.91 Å². The summed E-state index contributed by atoms with van der Waals surface area (Å²) in [6, 6.07) is 12.9. The second-order valence-corrected chi connectivity index (χ2v) is 5.62. The highest BCUT2D eigenvalue weighted by molar-refractivity contribution is 5.90. The fraction of sp³-hybridized carbons (Fsp3) is 0.105. The van der Waals surface area contributed by atoms with Gasteiger partial charge in [0.05, 0.1) is 12.8 Å². The summed E-state index contributed by atoms with van der Waals surface area (Å²) in [7, 11) is 1.55. The minimum atomic E-state index is -1.08. The van der Waals surface area contributed by atoms with E-state index in [0.29, 0.717) is 11.4 Å². The summed E-state index contributed by atoms with van der Waals surface area (Å²) < 4.78 is 32.2. The smallest absolute Gasteiger partial charge is 0.267 e. The zero-order valence-corrected chi connectivity index (χ0v) is 14.3. The molecule has 6 nitrogen and oxygen atoms in total. The number of halogens is 2. The number of benzene rings is 2. The first-order valence-electron chi connectivity index (χ1n) is 7.94. The Morgan fingerprint density at radius 2 is 1.81 bits per heavy atom. The van der Waals surface area contributed by atoms with Crippen LogP contribution in [0.5, 0.6) is 5.75 Å². The number of hydrogen-bond donors (Lipinski definition) is 1. The van der Waals surface area contributed by atoms with Crippen molar-refractivity contribution in [3.63, 3.8) is 0 Å². The van der Waals surface area contributed by atoms with Crippen LogP contribution in [0.3, 0.4) is 0 Å². The van der Waals surface area contributed by atoms with Gasteiger partial charge in [0, 0.05) is 23.4 Å². The van der Waals surface area contributed by atoms with Gasteiger partial charge in [0.15, 0.2) is 11.6 Å². The molecule has 0 aliphatic heterocycles. The van der Waals surface area contributed by atoms with E-state index in [1.807, 2.05) is 0 Å².